The summed E-state index contributed by atoms with van der Waals surface area (Å²) in [4.78, 5) is 34.9. The molecule has 8 nitrogen and oxygen atoms in total. The van der Waals surface area contributed by atoms with Gasteiger partial charge in [0.15, 0.2) is 0 Å². The van der Waals surface area contributed by atoms with E-state index in [1.807, 2.05) is 45.0 Å². The maximum absolute atomic E-state index is 12.4. The fourth-order valence-corrected chi connectivity index (χ4v) is 3.82. The van der Waals surface area contributed by atoms with Crippen molar-refractivity contribution in [2.45, 2.75) is 38.8 Å². The van der Waals surface area contributed by atoms with E-state index < -0.39 is 5.60 Å². The largest absolute Gasteiger partial charge is 0.465 e. The van der Waals surface area contributed by atoms with E-state index in [1.54, 1.807) is 29.4 Å². The van der Waals surface area contributed by atoms with Crippen LogP contribution in [-0.4, -0.2) is 58.8 Å². The molecular weight excluding hydrogens is 420 g/mol. The van der Waals surface area contributed by atoms with Crippen LogP contribution in [0.2, 0.25) is 0 Å². The van der Waals surface area contributed by atoms with Gasteiger partial charge in [-0.2, -0.15) is 0 Å². The number of ether oxygens (including phenoxy) is 2. The number of esters is 1. The average Bonchev–Trinajstić information content (AvgIpc) is 3.26. The first-order valence-corrected chi connectivity index (χ1v) is 10.9. The fourth-order valence-electron chi connectivity index (χ4n) is 3.82. The number of rotatable bonds is 4. The highest BCUT2D eigenvalue weighted by molar-refractivity contribution is 5.94. The van der Waals surface area contributed by atoms with E-state index in [1.165, 1.54) is 7.11 Å². The lowest BCUT2D eigenvalue weighted by Crippen LogP contribution is -2.36. The molecule has 0 saturated carbocycles. The second-order valence-corrected chi connectivity index (χ2v) is 9.07. The molecule has 172 valence electrons. The maximum Gasteiger partial charge on any atom is 0.410 e. The van der Waals surface area contributed by atoms with Crippen molar-refractivity contribution in [1.82, 2.24) is 14.9 Å². The maximum atomic E-state index is 12.4. The third-order valence-corrected chi connectivity index (χ3v) is 5.41. The molecule has 33 heavy (non-hydrogen) atoms. The van der Waals surface area contributed by atoms with Crippen molar-refractivity contribution in [2.75, 3.05) is 25.5 Å². The van der Waals surface area contributed by atoms with Gasteiger partial charge in [-0.25, -0.2) is 14.6 Å². The van der Waals surface area contributed by atoms with Gasteiger partial charge in [-0.3, -0.25) is 4.98 Å². The molecule has 3 heterocycles. The summed E-state index contributed by atoms with van der Waals surface area (Å²) < 4.78 is 10.3. The summed E-state index contributed by atoms with van der Waals surface area (Å²) in [5.74, 6) is -0.378. The third-order valence-electron chi connectivity index (χ3n) is 5.41. The Morgan fingerprint density at radius 3 is 2.61 bits per heavy atom. The van der Waals surface area contributed by atoms with Gasteiger partial charge in [0.05, 0.1) is 23.9 Å². The molecule has 1 saturated heterocycles. The van der Waals surface area contributed by atoms with E-state index in [9.17, 15) is 9.59 Å². The van der Waals surface area contributed by atoms with Crippen molar-refractivity contribution >= 4 is 28.7 Å². The summed E-state index contributed by atoms with van der Waals surface area (Å²) in [5, 5.41) is 4.48. The molecule has 1 aliphatic heterocycles. The number of anilines is 1. The number of aromatic nitrogens is 2. The van der Waals surface area contributed by atoms with Gasteiger partial charge >= 0.3 is 12.1 Å². The molecular formula is C25H28N4O4. The minimum atomic E-state index is -0.520. The smallest absolute Gasteiger partial charge is 0.410 e. The number of carbonyl (C=O) groups is 2. The van der Waals surface area contributed by atoms with Crippen LogP contribution in [0.1, 0.15) is 37.6 Å². The highest BCUT2D eigenvalue weighted by Gasteiger charge is 2.30. The van der Waals surface area contributed by atoms with Crippen molar-refractivity contribution in [3.63, 3.8) is 0 Å². The number of fused-ring (bicyclic) bond motifs is 1. The van der Waals surface area contributed by atoms with Crippen LogP contribution in [0.4, 0.5) is 10.5 Å². The molecule has 1 fully saturated rings. The number of hydrogen-bond donors (Lipinski definition) is 1. The van der Waals surface area contributed by atoms with Crippen LogP contribution in [-0.2, 0) is 9.47 Å². The summed E-state index contributed by atoms with van der Waals surface area (Å²) >= 11 is 0. The van der Waals surface area contributed by atoms with E-state index in [2.05, 4.69) is 10.3 Å². The minimum absolute atomic E-state index is 0.0814. The van der Waals surface area contributed by atoms with Gasteiger partial charge < -0.3 is 19.7 Å². The Morgan fingerprint density at radius 2 is 1.91 bits per heavy atom. The zero-order valence-corrected chi connectivity index (χ0v) is 19.3. The first kappa shape index (κ1) is 22.5. The van der Waals surface area contributed by atoms with E-state index in [-0.39, 0.29) is 18.1 Å². The van der Waals surface area contributed by atoms with Gasteiger partial charge in [0, 0.05) is 48.2 Å². The number of nitrogens with one attached hydrogen (secondary N) is 1. The van der Waals surface area contributed by atoms with Crippen molar-refractivity contribution in [2.24, 2.45) is 0 Å². The highest BCUT2D eigenvalue weighted by atomic mass is 16.6. The summed E-state index contributed by atoms with van der Waals surface area (Å²) in [5.41, 5.74) is 3.33. The number of benzene rings is 1. The van der Waals surface area contributed by atoms with Gasteiger partial charge in [0.1, 0.15) is 5.60 Å². The standard InChI is InChI=1S/C25H28N4O4/c1-25(2,3)33-24(31)29-12-10-18(15-29)27-22-13-21(28-20-9-11-26-14-19(20)22)16-5-7-17(8-6-16)23(30)32-4/h5-9,11,13-14,18H,10,12,15H2,1-4H3,(H,27,28). The van der Waals surface area contributed by atoms with E-state index in [4.69, 9.17) is 14.5 Å². The lowest BCUT2D eigenvalue weighted by atomic mass is 10.1. The van der Waals surface area contributed by atoms with E-state index in [0.29, 0.717) is 18.7 Å². The second-order valence-electron chi connectivity index (χ2n) is 9.07. The number of carbonyl (C=O) groups excluding carboxylic acids is 2. The number of methoxy groups -OCH3 is 1. The van der Waals surface area contributed by atoms with E-state index in [0.717, 1.165) is 34.3 Å². The van der Waals surface area contributed by atoms with Crippen LogP contribution in [0.5, 0.6) is 0 Å². The first-order chi connectivity index (χ1) is 15.7. The molecule has 0 bridgehead atoms. The molecule has 0 radical (unpaired) electrons. The molecule has 0 spiro atoms. The van der Waals surface area contributed by atoms with Crippen LogP contribution >= 0.6 is 0 Å². The SMILES string of the molecule is COC(=O)c1ccc(-c2cc(NC3CCN(C(=O)OC(C)(C)C)C3)c3cnccc3n2)cc1. The molecule has 1 unspecified atom stereocenters. The topological polar surface area (TPSA) is 93.7 Å². The zero-order valence-electron chi connectivity index (χ0n) is 19.3. The van der Waals surface area contributed by atoms with Gasteiger partial charge in [-0.15, -0.1) is 0 Å². The number of amides is 1. The molecule has 3 aromatic rings. The predicted molar refractivity (Wildman–Crippen MR) is 126 cm³/mol. The molecule has 1 amide bonds. The molecule has 1 aliphatic rings. The van der Waals surface area contributed by atoms with E-state index >= 15 is 0 Å². The summed E-state index contributed by atoms with van der Waals surface area (Å²) in [7, 11) is 1.36. The van der Waals surface area contributed by atoms with Crippen LogP contribution in [0, 0.1) is 0 Å². The molecule has 8 heteroatoms. The highest BCUT2D eigenvalue weighted by Crippen LogP contribution is 2.30. The van der Waals surface area contributed by atoms with Crippen LogP contribution < -0.4 is 5.32 Å². The van der Waals surface area contributed by atoms with Gasteiger partial charge in [0.25, 0.3) is 0 Å². The lowest BCUT2D eigenvalue weighted by Gasteiger charge is -2.24. The van der Waals surface area contributed by atoms with Crippen molar-refractivity contribution in [1.29, 1.82) is 0 Å². The Balaban J connectivity index is 1.58. The first-order valence-electron chi connectivity index (χ1n) is 10.9. The molecule has 1 N–H and O–H groups in total. The lowest BCUT2D eigenvalue weighted by molar-refractivity contribution is 0.0293. The summed E-state index contributed by atoms with van der Waals surface area (Å²) in [6.07, 6.45) is 4.02. The fraction of sp³-hybridized carbons (Fsp3) is 0.360. The minimum Gasteiger partial charge on any atom is -0.465 e. The van der Waals surface area contributed by atoms with Crippen molar-refractivity contribution in [3.05, 3.63) is 54.4 Å². The molecule has 0 aliphatic carbocycles. The Morgan fingerprint density at radius 1 is 1.15 bits per heavy atom. The molecule has 1 aromatic carbocycles. The number of pyridine rings is 2. The van der Waals surface area contributed by atoms with Crippen molar-refractivity contribution < 1.29 is 19.1 Å². The number of nitrogens with zero attached hydrogens (tertiary/aromatic N) is 3. The summed E-state index contributed by atoms with van der Waals surface area (Å²) in [6, 6.07) is 11.1. The monoisotopic (exact) mass is 448 g/mol. The number of likely N-dealkylation sites (tertiary alicyclic amines) is 1. The number of hydrogen-bond acceptors (Lipinski definition) is 7. The molecule has 4 rings (SSSR count). The Hall–Kier alpha value is -3.68. The second kappa shape index (κ2) is 9.05. The molecule has 2 aromatic heterocycles. The zero-order chi connectivity index (χ0) is 23.6. The Labute approximate surface area is 192 Å². The average molecular weight is 449 g/mol. The van der Waals surface area contributed by atoms with Crippen molar-refractivity contribution in [3.8, 4) is 11.3 Å². The van der Waals surface area contributed by atoms with Gasteiger partial charge in [-0.1, -0.05) is 12.1 Å². The van der Waals surface area contributed by atoms with Crippen LogP contribution in [0.25, 0.3) is 22.2 Å². The molecule has 1 atom stereocenters. The summed E-state index contributed by atoms with van der Waals surface area (Å²) in [6.45, 7) is 6.79. The normalized spacial score (nSPS) is 16.0. The van der Waals surface area contributed by atoms with Gasteiger partial charge in [0.2, 0.25) is 0 Å². The third kappa shape index (κ3) is 5.22. The van der Waals surface area contributed by atoms with Gasteiger partial charge in [-0.05, 0) is 51.5 Å². The van der Waals surface area contributed by atoms with Crippen LogP contribution in [0.15, 0.2) is 48.8 Å². The quantitative estimate of drug-likeness (QED) is 0.587. The van der Waals surface area contributed by atoms with Crippen LogP contribution in [0.3, 0.4) is 0 Å². The predicted octanol–water partition coefficient (Wildman–Crippen LogP) is 4.50. The Kier molecular flexibility index (Phi) is 6.18. The Bertz CT molecular complexity index is 1170.